The van der Waals surface area contributed by atoms with E-state index in [4.69, 9.17) is 11.6 Å². The second-order valence-corrected chi connectivity index (χ2v) is 5.83. The normalized spacial score (nSPS) is 15.3. The summed E-state index contributed by atoms with van der Waals surface area (Å²) in [5, 5.41) is 10.3. The zero-order valence-corrected chi connectivity index (χ0v) is 12.6. The molecular formula is C18H18ClNO. The summed E-state index contributed by atoms with van der Waals surface area (Å²) in [5.41, 5.74) is 3.76. The molecule has 108 valence electrons. The summed E-state index contributed by atoms with van der Waals surface area (Å²) in [6, 6.07) is 13.5. The highest BCUT2D eigenvalue weighted by atomic mass is 35.5. The van der Waals surface area contributed by atoms with Crippen molar-refractivity contribution in [1.82, 2.24) is 4.90 Å². The summed E-state index contributed by atoms with van der Waals surface area (Å²) in [6.07, 6.45) is 5.32. The Labute approximate surface area is 130 Å². The number of rotatable bonds is 3. The number of phenols is 1. The molecule has 0 fully saturated rings. The van der Waals surface area contributed by atoms with Crippen molar-refractivity contribution in [2.45, 2.75) is 13.0 Å². The van der Waals surface area contributed by atoms with E-state index in [0.29, 0.717) is 5.75 Å². The summed E-state index contributed by atoms with van der Waals surface area (Å²) < 4.78 is 0. The first-order valence-electron chi connectivity index (χ1n) is 7.16. The van der Waals surface area contributed by atoms with Crippen LogP contribution in [0, 0.1) is 0 Å². The number of benzene rings is 2. The van der Waals surface area contributed by atoms with Crippen molar-refractivity contribution in [1.29, 1.82) is 0 Å². The minimum absolute atomic E-state index is 0.366. The van der Waals surface area contributed by atoms with Gasteiger partial charge in [0.1, 0.15) is 5.75 Å². The third-order valence-corrected chi connectivity index (χ3v) is 4.08. The van der Waals surface area contributed by atoms with Crippen molar-refractivity contribution in [3.8, 4) is 5.75 Å². The number of nitrogens with zero attached hydrogens (tertiary/aromatic N) is 1. The summed E-state index contributed by atoms with van der Waals surface area (Å²) in [7, 11) is 0. The van der Waals surface area contributed by atoms with Gasteiger partial charge in [0.25, 0.3) is 0 Å². The van der Waals surface area contributed by atoms with Crippen molar-refractivity contribution in [3.63, 3.8) is 0 Å². The number of fused-ring (bicyclic) bond motifs is 1. The van der Waals surface area contributed by atoms with Crippen LogP contribution < -0.4 is 0 Å². The van der Waals surface area contributed by atoms with Crippen LogP contribution in [0.5, 0.6) is 5.75 Å². The lowest BCUT2D eigenvalue weighted by molar-refractivity contribution is 0.282. The second kappa shape index (κ2) is 6.33. The van der Waals surface area contributed by atoms with Gasteiger partial charge in [0, 0.05) is 24.7 Å². The molecule has 1 aliphatic heterocycles. The Morgan fingerprint density at radius 1 is 1.10 bits per heavy atom. The van der Waals surface area contributed by atoms with Crippen molar-refractivity contribution >= 4 is 17.7 Å². The molecule has 3 heteroatoms. The average Bonchev–Trinajstić information content (AvgIpc) is 2.49. The molecule has 0 spiro atoms. The summed E-state index contributed by atoms with van der Waals surface area (Å²) in [4.78, 5) is 2.41. The van der Waals surface area contributed by atoms with Crippen molar-refractivity contribution in [3.05, 3.63) is 70.3 Å². The number of hydrogen-bond acceptors (Lipinski definition) is 2. The summed E-state index contributed by atoms with van der Waals surface area (Å²) in [6.45, 7) is 2.91. The van der Waals surface area contributed by atoms with E-state index < -0.39 is 0 Å². The fourth-order valence-electron chi connectivity index (χ4n) is 2.67. The molecule has 0 unspecified atom stereocenters. The van der Waals surface area contributed by atoms with E-state index in [1.54, 1.807) is 6.07 Å². The fourth-order valence-corrected chi connectivity index (χ4v) is 2.79. The van der Waals surface area contributed by atoms with Crippen LogP contribution in [-0.2, 0) is 13.0 Å². The highest BCUT2D eigenvalue weighted by Gasteiger charge is 2.15. The van der Waals surface area contributed by atoms with E-state index >= 15 is 0 Å². The Kier molecular flexibility index (Phi) is 4.28. The van der Waals surface area contributed by atoms with Gasteiger partial charge >= 0.3 is 0 Å². The standard InChI is InChI=1S/C18H18ClNO/c19-17-6-3-14(4-7-17)2-1-10-20-11-9-15-12-18(21)8-5-16(15)13-20/h1-8,12,21H,9-11,13H2/b2-1+. The molecule has 0 aliphatic carbocycles. The quantitative estimate of drug-likeness (QED) is 0.921. The second-order valence-electron chi connectivity index (χ2n) is 5.39. The Balaban J connectivity index is 1.60. The number of aromatic hydroxyl groups is 1. The molecule has 1 aliphatic rings. The molecule has 2 aromatic carbocycles. The van der Waals surface area contributed by atoms with Gasteiger partial charge in [-0.05, 0) is 47.4 Å². The first-order chi connectivity index (χ1) is 10.2. The van der Waals surface area contributed by atoms with Gasteiger partial charge in [-0.15, -0.1) is 0 Å². The van der Waals surface area contributed by atoms with Gasteiger partial charge in [0.2, 0.25) is 0 Å². The first kappa shape index (κ1) is 14.2. The van der Waals surface area contributed by atoms with Crippen LogP contribution in [0.2, 0.25) is 5.02 Å². The monoisotopic (exact) mass is 299 g/mol. The lowest BCUT2D eigenvalue weighted by atomic mass is 9.99. The zero-order valence-electron chi connectivity index (χ0n) is 11.8. The van der Waals surface area contributed by atoms with Crippen LogP contribution in [0.15, 0.2) is 48.5 Å². The number of phenolic OH excluding ortho intramolecular Hbond substituents is 1. The minimum Gasteiger partial charge on any atom is -0.508 e. The smallest absolute Gasteiger partial charge is 0.115 e. The Morgan fingerprint density at radius 2 is 1.90 bits per heavy atom. The highest BCUT2D eigenvalue weighted by Crippen LogP contribution is 2.23. The molecule has 0 radical (unpaired) electrons. The molecule has 1 N–H and O–H groups in total. The predicted octanol–water partition coefficient (Wildman–Crippen LogP) is 4.12. The third kappa shape index (κ3) is 3.66. The van der Waals surface area contributed by atoms with Gasteiger partial charge in [0.05, 0.1) is 0 Å². The largest absolute Gasteiger partial charge is 0.508 e. The fraction of sp³-hybridized carbons (Fsp3) is 0.222. The molecule has 21 heavy (non-hydrogen) atoms. The molecule has 0 aromatic heterocycles. The number of halogens is 1. The van der Waals surface area contributed by atoms with Gasteiger partial charge in [-0.1, -0.05) is 42.0 Å². The van der Waals surface area contributed by atoms with E-state index in [1.165, 1.54) is 16.7 Å². The van der Waals surface area contributed by atoms with E-state index in [-0.39, 0.29) is 0 Å². The maximum atomic E-state index is 9.51. The van der Waals surface area contributed by atoms with Crippen LogP contribution in [0.3, 0.4) is 0 Å². The van der Waals surface area contributed by atoms with E-state index in [9.17, 15) is 5.11 Å². The summed E-state index contributed by atoms with van der Waals surface area (Å²) in [5.74, 6) is 0.366. The van der Waals surface area contributed by atoms with Crippen LogP contribution in [-0.4, -0.2) is 23.1 Å². The van der Waals surface area contributed by atoms with Crippen LogP contribution in [0.1, 0.15) is 16.7 Å². The van der Waals surface area contributed by atoms with E-state index in [0.717, 1.165) is 31.1 Å². The average molecular weight is 300 g/mol. The van der Waals surface area contributed by atoms with Crippen molar-refractivity contribution in [2.75, 3.05) is 13.1 Å². The van der Waals surface area contributed by atoms with Gasteiger partial charge < -0.3 is 5.11 Å². The highest BCUT2D eigenvalue weighted by molar-refractivity contribution is 6.30. The molecule has 0 bridgehead atoms. The van der Waals surface area contributed by atoms with Crippen LogP contribution in [0.25, 0.3) is 6.08 Å². The van der Waals surface area contributed by atoms with E-state index in [2.05, 4.69) is 17.1 Å². The minimum atomic E-state index is 0.366. The van der Waals surface area contributed by atoms with Gasteiger partial charge in [-0.3, -0.25) is 4.90 Å². The molecule has 3 rings (SSSR count). The predicted molar refractivity (Wildman–Crippen MR) is 87.6 cm³/mol. The number of hydrogen-bond donors (Lipinski definition) is 1. The molecule has 0 atom stereocenters. The molecule has 0 saturated heterocycles. The lowest BCUT2D eigenvalue weighted by Gasteiger charge is -2.27. The topological polar surface area (TPSA) is 23.5 Å². The Hall–Kier alpha value is -1.77. The van der Waals surface area contributed by atoms with Crippen LogP contribution >= 0.6 is 11.6 Å². The zero-order chi connectivity index (χ0) is 14.7. The molecule has 1 heterocycles. The lowest BCUT2D eigenvalue weighted by Crippen LogP contribution is -2.30. The summed E-state index contributed by atoms with van der Waals surface area (Å²) >= 11 is 5.88. The Morgan fingerprint density at radius 3 is 2.71 bits per heavy atom. The maximum Gasteiger partial charge on any atom is 0.115 e. The van der Waals surface area contributed by atoms with Gasteiger partial charge in [0.15, 0.2) is 0 Å². The van der Waals surface area contributed by atoms with Gasteiger partial charge in [-0.25, -0.2) is 0 Å². The third-order valence-electron chi connectivity index (χ3n) is 3.83. The first-order valence-corrected chi connectivity index (χ1v) is 7.54. The molecule has 0 saturated carbocycles. The van der Waals surface area contributed by atoms with Crippen molar-refractivity contribution < 1.29 is 5.11 Å². The molecule has 2 nitrogen and oxygen atoms in total. The molecular weight excluding hydrogens is 282 g/mol. The van der Waals surface area contributed by atoms with Crippen LogP contribution in [0.4, 0.5) is 0 Å². The van der Waals surface area contributed by atoms with Crippen molar-refractivity contribution in [2.24, 2.45) is 0 Å². The van der Waals surface area contributed by atoms with E-state index in [1.807, 2.05) is 36.4 Å². The maximum absolute atomic E-state index is 9.51. The van der Waals surface area contributed by atoms with Gasteiger partial charge in [-0.2, -0.15) is 0 Å². The molecule has 2 aromatic rings. The Bertz CT molecular complexity index is 649. The molecule has 0 amide bonds. The SMILES string of the molecule is Oc1ccc2c(c1)CCN(C/C=C/c1ccc(Cl)cc1)C2.